The Bertz CT molecular complexity index is 486. The van der Waals surface area contributed by atoms with E-state index in [0.717, 1.165) is 17.1 Å². The lowest BCUT2D eigenvalue weighted by Crippen LogP contribution is -2.36. The van der Waals surface area contributed by atoms with Crippen molar-refractivity contribution in [3.8, 4) is 11.5 Å². The highest BCUT2D eigenvalue weighted by Gasteiger charge is 2.20. The Morgan fingerprint density at radius 1 is 1.30 bits per heavy atom. The summed E-state index contributed by atoms with van der Waals surface area (Å²) in [6.07, 6.45) is 0. The largest absolute Gasteiger partial charge is 0.454 e. The summed E-state index contributed by atoms with van der Waals surface area (Å²) < 4.78 is 10.7. The highest BCUT2D eigenvalue weighted by molar-refractivity contribution is 5.77. The van der Waals surface area contributed by atoms with Gasteiger partial charge in [-0.1, -0.05) is 19.9 Å². The summed E-state index contributed by atoms with van der Waals surface area (Å²) in [5.41, 5.74) is 1.10. The summed E-state index contributed by atoms with van der Waals surface area (Å²) >= 11 is 0. The molecule has 1 amide bonds. The number of ether oxygens (including phenoxy) is 2. The number of fused-ring (bicyclic) bond motifs is 1. The van der Waals surface area contributed by atoms with Crippen LogP contribution in [-0.4, -0.2) is 38.2 Å². The van der Waals surface area contributed by atoms with Gasteiger partial charge in [-0.2, -0.15) is 0 Å². The molecule has 1 unspecified atom stereocenters. The van der Waals surface area contributed by atoms with E-state index in [-0.39, 0.29) is 24.7 Å². The smallest absolute Gasteiger partial charge is 0.231 e. The van der Waals surface area contributed by atoms with Gasteiger partial charge in [0.05, 0.1) is 6.04 Å². The van der Waals surface area contributed by atoms with E-state index in [2.05, 4.69) is 10.2 Å². The van der Waals surface area contributed by atoms with Crippen LogP contribution >= 0.6 is 0 Å². The van der Waals surface area contributed by atoms with Crippen LogP contribution in [0, 0.1) is 5.92 Å². The Kier molecular flexibility index (Phi) is 4.49. The van der Waals surface area contributed by atoms with E-state index in [0.29, 0.717) is 6.54 Å². The number of benzene rings is 1. The fourth-order valence-corrected chi connectivity index (χ4v) is 2.12. The highest BCUT2D eigenvalue weighted by Crippen LogP contribution is 2.34. The van der Waals surface area contributed by atoms with Gasteiger partial charge in [-0.15, -0.1) is 0 Å². The minimum atomic E-state index is -0.00503. The second-order valence-corrected chi connectivity index (χ2v) is 5.49. The van der Waals surface area contributed by atoms with Gasteiger partial charge >= 0.3 is 0 Å². The minimum Gasteiger partial charge on any atom is -0.454 e. The van der Waals surface area contributed by atoms with Gasteiger partial charge in [-0.3, -0.25) is 4.79 Å². The van der Waals surface area contributed by atoms with Gasteiger partial charge in [0.15, 0.2) is 11.5 Å². The SMILES string of the molecule is CC(C)C(=O)NCC(c1ccc2c(c1)OCO2)N(C)C. The van der Waals surface area contributed by atoms with Crippen molar-refractivity contribution in [3.05, 3.63) is 23.8 Å². The van der Waals surface area contributed by atoms with Crippen LogP contribution in [0.5, 0.6) is 11.5 Å². The molecule has 1 atom stereocenters. The summed E-state index contributed by atoms with van der Waals surface area (Å²) in [5.74, 6) is 1.61. The summed E-state index contributed by atoms with van der Waals surface area (Å²) in [5, 5.41) is 2.98. The van der Waals surface area contributed by atoms with Crippen LogP contribution in [0.2, 0.25) is 0 Å². The first-order valence-corrected chi connectivity index (χ1v) is 6.82. The Hall–Kier alpha value is -1.75. The molecule has 2 rings (SSSR count). The lowest BCUT2D eigenvalue weighted by atomic mass is 10.0. The number of carbonyl (C=O) groups excluding carboxylic acids is 1. The molecule has 0 radical (unpaired) electrons. The van der Waals surface area contributed by atoms with Crippen LogP contribution in [0.1, 0.15) is 25.5 Å². The lowest BCUT2D eigenvalue weighted by Gasteiger charge is -2.25. The van der Waals surface area contributed by atoms with Gasteiger partial charge in [-0.05, 0) is 31.8 Å². The first-order chi connectivity index (χ1) is 9.49. The Balaban J connectivity index is 2.10. The maximum absolute atomic E-state index is 11.7. The molecule has 1 heterocycles. The summed E-state index contributed by atoms with van der Waals surface area (Å²) in [4.78, 5) is 13.8. The number of nitrogens with zero attached hydrogens (tertiary/aromatic N) is 1. The molecule has 0 aromatic heterocycles. The predicted molar refractivity (Wildman–Crippen MR) is 76.8 cm³/mol. The molecular formula is C15H22N2O3. The van der Waals surface area contributed by atoms with E-state index in [1.807, 2.05) is 46.1 Å². The normalized spacial score (nSPS) is 14.7. The van der Waals surface area contributed by atoms with E-state index >= 15 is 0 Å². The molecule has 1 aliphatic rings. The van der Waals surface area contributed by atoms with Crippen molar-refractivity contribution in [2.24, 2.45) is 5.92 Å². The quantitative estimate of drug-likeness (QED) is 0.892. The van der Waals surface area contributed by atoms with Gasteiger partial charge in [0.2, 0.25) is 12.7 Å². The molecule has 1 N–H and O–H groups in total. The van der Waals surface area contributed by atoms with Crippen molar-refractivity contribution < 1.29 is 14.3 Å². The molecule has 0 aliphatic carbocycles. The van der Waals surface area contributed by atoms with E-state index in [1.165, 1.54) is 0 Å². The summed E-state index contributed by atoms with van der Waals surface area (Å²) in [6, 6.07) is 6.01. The van der Waals surface area contributed by atoms with Crippen LogP contribution < -0.4 is 14.8 Å². The number of rotatable bonds is 5. The second kappa shape index (κ2) is 6.13. The Morgan fingerprint density at radius 2 is 2.00 bits per heavy atom. The van der Waals surface area contributed by atoms with Gasteiger partial charge in [-0.25, -0.2) is 0 Å². The Morgan fingerprint density at radius 3 is 2.65 bits per heavy atom. The molecular weight excluding hydrogens is 256 g/mol. The molecule has 0 fully saturated rings. The Labute approximate surface area is 119 Å². The molecule has 0 bridgehead atoms. The van der Waals surface area contributed by atoms with Gasteiger partial charge in [0.1, 0.15) is 0 Å². The maximum atomic E-state index is 11.7. The number of hydrogen-bond donors (Lipinski definition) is 1. The zero-order valence-electron chi connectivity index (χ0n) is 12.5. The molecule has 0 spiro atoms. The third-order valence-electron chi connectivity index (χ3n) is 3.40. The maximum Gasteiger partial charge on any atom is 0.231 e. The zero-order valence-corrected chi connectivity index (χ0v) is 12.5. The van der Waals surface area contributed by atoms with E-state index in [9.17, 15) is 4.79 Å². The summed E-state index contributed by atoms with van der Waals surface area (Å²) in [6.45, 7) is 4.63. The van der Waals surface area contributed by atoms with Gasteiger partial charge in [0, 0.05) is 12.5 Å². The lowest BCUT2D eigenvalue weighted by molar-refractivity contribution is -0.124. The average molecular weight is 278 g/mol. The topological polar surface area (TPSA) is 50.8 Å². The van der Waals surface area contributed by atoms with E-state index in [1.54, 1.807) is 0 Å². The average Bonchev–Trinajstić information content (AvgIpc) is 2.85. The molecule has 5 heteroatoms. The van der Waals surface area contributed by atoms with Crippen LogP contribution in [0.25, 0.3) is 0 Å². The minimum absolute atomic E-state index is 0.00503. The fourth-order valence-electron chi connectivity index (χ4n) is 2.12. The van der Waals surface area contributed by atoms with Crippen molar-refractivity contribution in [1.29, 1.82) is 0 Å². The van der Waals surface area contributed by atoms with Gasteiger partial charge in [0.25, 0.3) is 0 Å². The molecule has 1 aromatic carbocycles. The molecule has 0 saturated heterocycles. The van der Waals surface area contributed by atoms with Crippen molar-refractivity contribution in [1.82, 2.24) is 10.2 Å². The zero-order chi connectivity index (χ0) is 14.7. The number of nitrogens with one attached hydrogen (secondary N) is 1. The molecule has 1 aliphatic heterocycles. The van der Waals surface area contributed by atoms with E-state index in [4.69, 9.17) is 9.47 Å². The third-order valence-corrected chi connectivity index (χ3v) is 3.40. The second-order valence-electron chi connectivity index (χ2n) is 5.49. The fraction of sp³-hybridized carbons (Fsp3) is 0.533. The first-order valence-electron chi connectivity index (χ1n) is 6.82. The predicted octanol–water partition coefficient (Wildman–Crippen LogP) is 1.79. The molecule has 0 saturated carbocycles. The molecule has 20 heavy (non-hydrogen) atoms. The third kappa shape index (κ3) is 3.22. The highest BCUT2D eigenvalue weighted by atomic mass is 16.7. The van der Waals surface area contributed by atoms with Crippen LogP contribution in [-0.2, 0) is 4.79 Å². The summed E-state index contributed by atoms with van der Waals surface area (Å²) in [7, 11) is 3.99. The number of carbonyl (C=O) groups is 1. The number of likely N-dealkylation sites (N-methyl/N-ethyl adjacent to an activating group) is 1. The van der Waals surface area contributed by atoms with Crippen molar-refractivity contribution in [2.75, 3.05) is 27.4 Å². The van der Waals surface area contributed by atoms with Crippen molar-refractivity contribution in [3.63, 3.8) is 0 Å². The van der Waals surface area contributed by atoms with Gasteiger partial charge < -0.3 is 19.7 Å². The van der Waals surface area contributed by atoms with Crippen LogP contribution in [0.4, 0.5) is 0 Å². The standard InChI is InChI=1S/C15H22N2O3/c1-10(2)15(18)16-8-12(17(3)4)11-5-6-13-14(7-11)20-9-19-13/h5-7,10,12H,8-9H2,1-4H3,(H,16,18). The number of amides is 1. The molecule has 1 aromatic rings. The molecule has 110 valence electrons. The van der Waals surface area contributed by atoms with Crippen LogP contribution in [0.15, 0.2) is 18.2 Å². The first kappa shape index (κ1) is 14.7. The van der Waals surface area contributed by atoms with Crippen molar-refractivity contribution >= 4 is 5.91 Å². The number of hydrogen-bond acceptors (Lipinski definition) is 4. The monoisotopic (exact) mass is 278 g/mol. The van der Waals surface area contributed by atoms with Crippen LogP contribution in [0.3, 0.4) is 0 Å². The van der Waals surface area contributed by atoms with E-state index < -0.39 is 0 Å². The molecule has 5 nitrogen and oxygen atoms in total. The van der Waals surface area contributed by atoms with Crippen molar-refractivity contribution in [2.45, 2.75) is 19.9 Å².